The first kappa shape index (κ1) is 17.3. The lowest BCUT2D eigenvalue weighted by Gasteiger charge is -2.09. The molecule has 2 aromatic carbocycles. The molecule has 122 valence electrons. The molecule has 0 heterocycles. The molecule has 0 spiro atoms. The second-order valence-electron chi connectivity index (χ2n) is 4.45. The number of rotatable bonds is 6. The highest BCUT2D eigenvalue weighted by Gasteiger charge is 2.10. The molecule has 0 aliphatic carbocycles. The Balaban J connectivity index is 2.03. The van der Waals surface area contributed by atoms with E-state index in [0.29, 0.717) is 0 Å². The number of primary sulfonamides is 2. The molecule has 0 aromatic heterocycles. The Morgan fingerprint density at radius 3 is 1.48 bits per heavy atom. The van der Waals surface area contributed by atoms with E-state index in [4.69, 9.17) is 19.6 Å². The van der Waals surface area contributed by atoms with Crippen LogP contribution >= 0.6 is 0 Å². The fraction of sp³-hybridized carbons (Fsp3) is 0. The highest BCUT2D eigenvalue weighted by molar-refractivity contribution is 7.89. The molecule has 0 aliphatic rings. The highest BCUT2D eigenvalue weighted by Crippen LogP contribution is 2.18. The molecular formula is C12H13BN2O6S2. The molecule has 0 atom stereocenters. The number of hydrogen-bond donors (Lipinski definition) is 2. The van der Waals surface area contributed by atoms with Crippen molar-refractivity contribution in [3.8, 4) is 11.5 Å². The van der Waals surface area contributed by atoms with Crippen LogP contribution in [0.15, 0.2) is 58.3 Å². The molecule has 0 amide bonds. The van der Waals surface area contributed by atoms with Crippen LogP contribution < -0.4 is 19.6 Å². The fourth-order valence-electron chi connectivity index (χ4n) is 1.65. The van der Waals surface area contributed by atoms with Gasteiger partial charge in [-0.2, -0.15) is 0 Å². The van der Waals surface area contributed by atoms with E-state index < -0.39 is 20.0 Å². The molecule has 0 aliphatic heterocycles. The van der Waals surface area contributed by atoms with Crippen molar-refractivity contribution in [2.24, 2.45) is 10.3 Å². The summed E-state index contributed by atoms with van der Waals surface area (Å²) >= 11 is 0. The average Bonchev–Trinajstić information content (AvgIpc) is 2.46. The van der Waals surface area contributed by atoms with Crippen molar-refractivity contribution in [2.45, 2.75) is 9.79 Å². The van der Waals surface area contributed by atoms with Crippen LogP contribution in [0.1, 0.15) is 0 Å². The Labute approximate surface area is 134 Å². The van der Waals surface area contributed by atoms with Gasteiger partial charge in [0.15, 0.2) is 0 Å². The molecule has 8 nitrogen and oxygen atoms in total. The van der Waals surface area contributed by atoms with Crippen LogP contribution in [-0.4, -0.2) is 24.5 Å². The predicted octanol–water partition coefficient (Wildman–Crippen LogP) is -0.294. The van der Waals surface area contributed by atoms with Gasteiger partial charge in [0, 0.05) is 0 Å². The van der Waals surface area contributed by atoms with E-state index >= 15 is 0 Å². The fourth-order valence-corrected chi connectivity index (χ4v) is 2.74. The zero-order valence-corrected chi connectivity index (χ0v) is 13.4. The maximum absolute atomic E-state index is 11.2. The second-order valence-corrected chi connectivity index (χ2v) is 7.57. The zero-order valence-electron chi connectivity index (χ0n) is 11.7. The van der Waals surface area contributed by atoms with E-state index in [1.165, 1.54) is 48.5 Å². The van der Waals surface area contributed by atoms with Crippen molar-refractivity contribution >= 4 is 27.7 Å². The summed E-state index contributed by atoms with van der Waals surface area (Å²) in [6, 6.07) is 11.2. The predicted molar refractivity (Wildman–Crippen MR) is 84.0 cm³/mol. The van der Waals surface area contributed by atoms with Crippen molar-refractivity contribution in [2.75, 3.05) is 0 Å². The van der Waals surface area contributed by atoms with Crippen molar-refractivity contribution < 1.29 is 26.1 Å². The van der Waals surface area contributed by atoms with Gasteiger partial charge in [-0.15, -0.1) is 0 Å². The zero-order chi connectivity index (χ0) is 17.1. The third-order valence-electron chi connectivity index (χ3n) is 2.72. The molecule has 0 fully saturated rings. The van der Waals surface area contributed by atoms with Crippen LogP contribution in [0.25, 0.3) is 0 Å². The van der Waals surface area contributed by atoms with Crippen molar-refractivity contribution in [3.05, 3.63) is 48.5 Å². The maximum Gasteiger partial charge on any atom is 0.576 e. The average molecular weight is 356 g/mol. The van der Waals surface area contributed by atoms with Gasteiger partial charge in [-0.3, -0.25) is 0 Å². The summed E-state index contributed by atoms with van der Waals surface area (Å²) in [4.78, 5) is -0.183. The Hall–Kier alpha value is -2.08. The summed E-state index contributed by atoms with van der Waals surface area (Å²) in [6.45, 7) is 0. The SMILES string of the molecule is NS(=O)(=O)c1cccc(OBOc2cccc(S(N)(=O)=O)c2)c1. The van der Waals surface area contributed by atoms with Gasteiger partial charge in [0.1, 0.15) is 11.5 Å². The number of nitrogens with two attached hydrogens (primary N) is 2. The third-order valence-corrected chi connectivity index (χ3v) is 4.54. The highest BCUT2D eigenvalue weighted by atomic mass is 32.2. The number of sulfonamides is 2. The summed E-state index contributed by atoms with van der Waals surface area (Å²) in [6.07, 6.45) is 0. The second kappa shape index (κ2) is 6.58. The Kier molecular flexibility index (Phi) is 4.95. The van der Waals surface area contributed by atoms with Gasteiger partial charge in [0.2, 0.25) is 20.0 Å². The van der Waals surface area contributed by atoms with Crippen molar-refractivity contribution in [3.63, 3.8) is 0 Å². The van der Waals surface area contributed by atoms with Gasteiger partial charge in [0.05, 0.1) is 9.79 Å². The largest absolute Gasteiger partial charge is 0.576 e. The minimum atomic E-state index is -3.83. The lowest BCUT2D eigenvalue weighted by Crippen LogP contribution is -2.15. The summed E-state index contributed by atoms with van der Waals surface area (Å²) in [5, 5.41) is 10.0. The molecule has 2 rings (SSSR count). The van der Waals surface area contributed by atoms with Gasteiger partial charge < -0.3 is 9.31 Å². The van der Waals surface area contributed by atoms with Crippen molar-refractivity contribution in [1.29, 1.82) is 0 Å². The number of hydrogen-bond acceptors (Lipinski definition) is 6. The summed E-state index contributed by atoms with van der Waals surface area (Å²) in [5.41, 5.74) is 0. The molecule has 2 aromatic rings. The summed E-state index contributed by atoms with van der Waals surface area (Å²) < 4.78 is 55.4. The molecule has 0 bridgehead atoms. The Bertz CT molecular complexity index is 839. The smallest absolute Gasteiger partial charge is 0.528 e. The lowest BCUT2D eigenvalue weighted by atomic mass is 10.3. The van der Waals surface area contributed by atoms with Crippen LogP contribution in [0.3, 0.4) is 0 Å². The number of benzene rings is 2. The van der Waals surface area contributed by atoms with Crippen molar-refractivity contribution in [1.82, 2.24) is 0 Å². The molecular weight excluding hydrogens is 343 g/mol. The summed E-state index contributed by atoms with van der Waals surface area (Å²) in [5.74, 6) is 0.471. The van der Waals surface area contributed by atoms with Gasteiger partial charge >= 0.3 is 7.69 Å². The monoisotopic (exact) mass is 356 g/mol. The van der Waals surface area contributed by atoms with Gasteiger partial charge in [-0.25, -0.2) is 27.1 Å². The van der Waals surface area contributed by atoms with Gasteiger partial charge in [-0.05, 0) is 36.4 Å². The first-order chi connectivity index (χ1) is 10.7. The van der Waals surface area contributed by atoms with E-state index in [0.717, 1.165) is 0 Å². The Morgan fingerprint density at radius 2 is 1.13 bits per heavy atom. The van der Waals surface area contributed by atoms with E-state index in [2.05, 4.69) is 0 Å². The van der Waals surface area contributed by atoms with E-state index in [9.17, 15) is 16.8 Å². The van der Waals surface area contributed by atoms with E-state index in [1.54, 1.807) is 0 Å². The van der Waals surface area contributed by atoms with Crippen LogP contribution in [0.5, 0.6) is 11.5 Å². The first-order valence-corrected chi connectivity index (χ1v) is 9.27. The van der Waals surface area contributed by atoms with Gasteiger partial charge in [0.25, 0.3) is 0 Å². The molecule has 0 saturated carbocycles. The minimum absolute atomic E-state index is 0.0915. The lowest BCUT2D eigenvalue weighted by molar-refractivity contribution is 0.457. The molecule has 11 heteroatoms. The molecule has 4 N–H and O–H groups in total. The van der Waals surface area contributed by atoms with Crippen LogP contribution in [0, 0.1) is 0 Å². The molecule has 23 heavy (non-hydrogen) atoms. The van der Waals surface area contributed by atoms with Crippen LogP contribution in [0.4, 0.5) is 0 Å². The van der Waals surface area contributed by atoms with Gasteiger partial charge in [-0.1, -0.05) is 12.1 Å². The van der Waals surface area contributed by atoms with Crippen LogP contribution in [0.2, 0.25) is 0 Å². The summed E-state index contributed by atoms with van der Waals surface area (Å²) in [7, 11) is -7.91. The third kappa shape index (κ3) is 4.96. The first-order valence-electron chi connectivity index (χ1n) is 6.17. The topological polar surface area (TPSA) is 139 Å². The van der Waals surface area contributed by atoms with E-state index in [-0.39, 0.29) is 29.0 Å². The molecule has 0 unspecified atom stereocenters. The maximum atomic E-state index is 11.2. The Morgan fingerprint density at radius 1 is 0.739 bits per heavy atom. The molecule has 0 saturated heterocycles. The normalized spacial score (nSPS) is 11.7. The molecule has 0 radical (unpaired) electrons. The standard InChI is InChI=1S/C12H13BN2O6S2/c14-22(16,17)11-5-1-3-9(7-11)20-13-21-10-4-2-6-12(8-10)23(15,18)19/h1-8,13H,(H2,14,16,17)(H2,15,18,19). The van der Waals surface area contributed by atoms with E-state index in [1.807, 2.05) is 0 Å². The minimum Gasteiger partial charge on any atom is -0.528 e. The quantitative estimate of drug-likeness (QED) is 0.682. The van der Waals surface area contributed by atoms with Crippen LogP contribution in [-0.2, 0) is 20.0 Å².